The highest BCUT2D eigenvalue weighted by atomic mass is 32.2. The summed E-state index contributed by atoms with van der Waals surface area (Å²) in [5.41, 5.74) is 1.06. The van der Waals surface area contributed by atoms with Gasteiger partial charge in [-0.2, -0.15) is 5.10 Å². The fourth-order valence-electron chi connectivity index (χ4n) is 2.01. The Hall–Kier alpha value is -1.73. The first-order valence-corrected chi connectivity index (χ1v) is 7.54. The lowest BCUT2D eigenvalue weighted by Crippen LogP contribution is -2.20. The Bertz CT molecular complexity index is 588. The molecule has 0 saturated carbocycles. The number of nitrogens with one attached hydrogen (secondary N) is 1. The maximum Gasteiger partial charge on any atom is 0.185 e. The Morgan fingerprint density at radius 2 is 2.14 bits per heavy atom. The summed E-state index contributed by atoms with van der Waals surface area (Å²) in [5.74, 6) is 2.47. The van der Waals surface area contributed by atoms with E-state index in [0.29, 0.717) is 0 Å². The van der Waals surface area contributed by atoms with E-state index in [1.54, 1.807) is 37.0 Å². The highest BCUT2D eigenvalue weighted by Crippen LogP contribution is 2.32. The summed E-state index contributed by atoms with van der Waals surface area (Å²) in [6.07, 6.45) is 1.56. The Morgan fingerprint density at radius 3 is 2.71 bits per heavy atom. The van der Waals surface area contributed by atoms with Crippen molar-refractivity contribution in [2.75, 3.05) is 27.0 Å². The van der Waals surface area contributed by atoms with Gasteiger partial charge in [0.05, 0.1) is 14.2 Å². The molecule has 6 nitrogen and oxygen atoms in total. The van der Waals surface area contributed by atoms with Gasteiger partial charge >= 0.3 is 0 Å². The lowest BCUT2D eigenvalue weighted by Gasteiger charge is -2.19. The molecular formula is C14H20N4O2S. The predicted molar refractivity (Wildman–Crippen MR) is 83.1 cm³/mol. The lowest BCUT2D eigenvalue weighted by atomic mass is 10.1. The fourth-order valence-corrected chi connectivity index (χ4v) is 3.03. The number of thioether (sulfide) groups is 1. The number of methoxy groups -OCH3 is 2. The molecule has 1 aromatic heterocycles. The molecule has 0 aliphatic carbocycles. The molecule has 0 aliphatic heterocycles. The van der Waals surface area contributed by atoms with Gasteiger partial charge in [-0.05, 0) is 25.2 Å². The van der Waals surface area contributed by atoms with Crippen LogP contribution in [-0.2, 0) is 7.05 Å². The monoisotopic (exact) mass is 308 g/mol. The fraction of sp³-hybridized carbons (Fsp3) is 0.429. The smallest absolute Gasteiger partial charge is 0.185 e. The molecule has 2 rings (SSSR count). The molecule has 1 heterocycles. The number of hydrogen-bond acceptors (Lipinski definition) is 6. The van der Waals surface area contributed by atoms with E-state index in [9.17, 15) is 0 Å². The van der Waals surface area contributed by atoms with Gasteiger partial charge in [0.2, 0.25) is 0 Å². The number of aromatic nitrogens is 3. The van der Waals surface area contributed by atoms with E-state index in [2.05, 4.69) is 15.4 Å². The zero-order valence-electron chi connectivity index (χ0n) is 12.7. The first-order chi connectivity index (χ1) is 10.2. The molecule has 1 N–H and O–H groups in total. The lowest BCUT2D eigenvalue weighted by molar-refractivity contribution is 0.394. The molecule has 1 unspecified atom stereocenters. The third kappa shape index (κ3) is 3.68. The minimum atomic E-state index is 0.122. The van der Waals surface area contributed by atoms with Crippen molar-refractivity contribution in [3.63, 3.8) is 0 Å². The molecule has 0 fully saturated rings. The molecular weight excluding hydrogens is 288 g/mol. The van der Waals surface area contributed by atoms with Gasteiger partial charge in [0.1, 0.15) is 17.8 Å². The molecule has 1 aromatic carbocycles. The van der Waals surface area contributed by atoms with Gasteiger partial charge in [0.25, 0.3) is 0 Å². The average Bonchev–Trinajstić information content (AvgIpc) is 2.93. The summed E-state index contributed by atoms with van der Waals surface area (Å²) >= 11 is 1.64. The van der Waals surface area contributed by atoms with Crippen molar-refractivity contribution in [3.05, 3.63) is 30.1 Å². The van der Waals surface area contributed by atoms with Crippen LogP contribution in [0.1, 0.15) is 11.6 Å². The second-order valence-electron chi connectivity index (χ2n) is 4.43. The van der Waals surface area contributed by atoms with E-state index in [1.807, 2.05) is 32.3 Å². The summed E-state index contributed by atoms with van der Waals surface area (Å²) in [7, 11) is 7.15. The van der Waals surface area contributed by atoms with Crippen molar-refractivity contribution in [1.82, 2.24) is 20.1 Å². The average molecular weight is 308 g/mol. The van der Waals surface area contributed by atoms with E-state index in [-0.39, 0.29) is 6.04 Å². The van der Waals surface area contributed by atoms with Gasteiger partial charge < -0.3 is 14.8 Å². The molecule has 21 heavy (non-hydrogen) atoms. The van der Waals surface area contributed by atoms with Crippen LogP contribution in [0.25, 0.3) is 0 Å². The van der Waals surface area contributed by atoms with Gasteiger partial charge in [-0.25, -0.2) is 9.67 Å². The molecule has 0 amide bonds. The zero-order valence-corrected chi connectivity index (χ0v) is 13.5. The summed E-state index contributed by atoms with van der Waals surface area (Å²) in [6, 6.07) is 5.94. The minimum absolute atomic E-state index is 0.122. The number of nitrogens with zero attached hydrogens (tertiary/aromatic N) is 3. The maximum atomic E-state index is 5.45. The van der Waals surface area contributed by atoms with Gasteiger partial charge in [-0.1, -0.05) is 11.8 Å². The topological polar surface area (TPSA) is 61.2 Å². The van der Waals surface area contributed by atoms with Crippen LogP contribution in [0.5, 0.6) is 11.5 Å². The Morgan fingerprint density at radius 1 is 1.33 bits per heavy atom. The third-order valence-electron chi connectivity index (χ3n) is 3.21. The summed E-state index contributed by atoms with van der Waals surface area (Å²) in [4.78, 5) is 4.22. The summed E-state index contributed by atoms with van der Waals surface area (Å²) in [5, 5.41) is 8.27. The minimum Gasteiger partial charge on any atom is -0.497 e. The standard InChI is InChI=1S/C14H20N4O2S/c1-15-12(8-21-14-16-9-17-18(14)2)11-7-10(19-3)5-6-13(11)20-4/h5-7,9,12,15H,8H2,1-4H3. The molecule has 0 saturated heterocycles. The SMILES string of the molecule is CNC(CSc1ncnn1C)c1cc(OC)ccc1OC. The van der Waals surface area contributed by atoms with Gasteiger partial charge in [-0.15, -0.1) is 0 Å². The molecule has 0 spiro atoms. The van der Waals surface area contributed by atoms with E-state index in [0.717, 1.165) is 28.0 Å². The van der Waals surface area contributed by atoms with Crippen LogP contribution in [0.15, 0.2) is 29.7 Å². The first kappa shape index (κ1) is 15.7. The Kier molecular flexibility index (Phi) is 5.46. The highest BCUT2D eigenvalue weighted by Gasteiger charge is 2.17. The number of ether oxygens (including phenoxy) is 2. The quantitative estimate of drug-likeness (QED) is 0.788. The van der Waals surface area contributed by atoms with Crippen molar-refractivity contribution >= 4 is 11.8 Å². The second-order valence-corrected chi connectivity index (χ2v) is 5.41. The van der Waals surface area contributed by atoms with E-state index >= 15 is 0 Å². The molecule has 1 atom stereocenters. The van der Waals surface area contributed by atoms with Crippen LogP contribution in [0.4, 0.5) is 0 Å². The van der Waals surface area contributed by atoms with Crippen LogP contribution < -0.4 is 14.8 Å². The Labute approximate surface area is 128 Å². The zero-order chi connectivity index (χ0) is 15.2. The predicted octanol–water partition coefficient (Wildman–Crippen LogP) is 1.89. The van der Waals surface area contributed by atoms with Crippen molar-refractivity contribution in [2.24, 2.45) is 7.05 Å². The van der Waals surface area contributed by atoms with Crippen LogP contribution >= 0.6 is 11.8 Å². The highest BCUT2D eigenvalue weighted by molar-refractivity contribution is 7.99. The normalized spacial score (nSPS) is 12.2. The van der Waals surface area contributed by atoms with Crippen molar-refractivity contribution in [2.45, 2.75) is 11.2 Å². The number of benzene rings is 1. The number of aryl methyl sites for hydroxylation is 1. The molecule has 7 heteroatoms. The third-order valence-corrected chi connectivity index (χ3v) is 4.34. The second kappa shape index (κ2) is 7.33. The van der Waals surface area contributed by atoms with Gasteiger partial charge in [-0.3, -0.25) is 0 Å². The Balaban J connectivity index is 2.18. The molecule has 114 valence electrons. The molecule has 0 aliphatic rings. The van der Waals surface area contributed by atoms with E-state index in [4.69, 9.17) is 9.47 Å². The first-order valence-electron chi connectivity index (χ1n) is 6.55. The molecule has 2 aromatic rings. The molecule has 0 radical (unpaired) electrons. The molecule has 0 bridgehead atoms. The van der Waals surface area contributed by atoms with Crippen molar-refractivity contribution < 1.29 is 9.47 Å². The van der Waals surface area contributed by atoms with Gasteiger partial charge in [0, 0.05) is 24.4 Å². The van der Waals surface area contributed by atoms with Crippen LogP contribution in [0.3, 0.4) is 0 Å². The number of hydrogen-bond donors (Lipinski definition) is 1. The number of rotatable bonds is 7. The largest absolute Gasteiger partial charge is 0.497 e. The van der Waals surface area contributed by atoms with Crippen molar-refractivity contribution in [1.29, 1.82) is 0 Å². The summed E-state index contributed by atoms with van der Waals surface area (Å²) < 4.78 is 12.5. The van der Waals surface area contributed by atoms with Crippen LogP contribution in [-0.4, -0.2) is 41.8 Å². The maximum absolute atomic E-state index is 5.45. The van der Waals surface area contributed by atoms with Gasteiger partial charge in [0.15, 0.2) is 5.16 Å². The van der Waals surface area contributed by atoms with Crippen molar-refractivity contribution in [3.8, 4) is 11.5 Å². The van der Waals surface area contributed by atoms with E-state index in [1.165, 1.54) is 0 Å². The van der Waals surface area contributed by atoms with Crippen LogP contribution in [0.2, 0.25) is 0 Å². The van der Waals surface area contributed by atoms with E-state index < -0.39 is 0 Å². The van der Waals surface area contributed by atoms with Crippen LogP contribution in [0, 0.1) is 0 Å². The summed E-state index contributed by atoms with van der Waals surface area (Å²) in [6.45, 7) is 0.